The van der Waals surface area contributed by atoms with Crippen LogP contribution in [0.15, 0.2) is 24.3 Å². The third kappa shape index (κ3) is 47.9. The number of unbranched alkanes of at least 4 members (excludes halogenated alkanes) is 28. The van der Waals surface area contributed by atoms with Gasteiger partial charge < -0.3 is 29.5 Å². The molecule has 0 aliphatic rings. The zero-order chi connectivity index (χ0) is 44.7. The Balaban J connectivity index is 0. The molecular weight excluding hydrogens is 745 g/mol. The van der Waals surface area contributed by atoms with Gasteiger partial charge in [-0.15, -0.1) is 0 Å². The molecular formula is C54H106O6. The van der Waals surface area contributed by atoms with Gasteiger partial charge in [0.2, 0.25) is 0 Å². The van der Waals surface area contributed by atoms with E-state index in [2.05, 4.69) is 60.6 Å². The smallest absolute Gasteiger partial charge is 0.119 e. The fourth-order valence-corrected chi connectivity index (χ4v) is 8.08. The highest BCUT2D eigenvalue weighted by Gasteiger charge is 2.27. The van der Waals surface area contributed by atoms with Crippen molar-refractivity contribution >= 4 is 0 Å². The van der Waals surface area contributed by atoms with Crippen molar-refractivity contribution in [2.24, 2.45) is 5.41 Å². The number of aliphatic hydroxyl groups excluding tert-OH is 3. The van der Waals surface area contributed by atoms with Crippen molar-refractivity contribution < 1.29 is 29.5 Å². The van der Waals surface area contributed by atoms with Crippen molar-refractivity contribution in [3.63, 3.8) is 0 Å². The molecule has 0 saturated carbocycles. The summed E-state index contributed by atoms with van der Waals surface area (Å²) in [5, 5.41) is 25.8. The van der Waals surface area contributed by atoms with Gasteiger partial charge in [0.1, 0.15) is 12.4 Å². The van der Waals surface area contributed by atoms with Crippen LogP contribution in [0.1, 0.15) is 253 Å². The normalized spacial score (nSPS) is 11.6. The summed E-state index contributed by atoms with van der Waals surface area (Å²) in [6.07, 6.45) is 43.0. The first-order valence-electron chi connectivity index (χ1n) is 25.8. The van der Waals surface area contributed by atoms with Crippen LogP contribution in [0.3, 0.4) is 0 Å². The average molecular weight is 851 g/mol. The third-order valence-corrected chi connectivity index (χ3v) is 11.2. The topological polar surface area (TPSA) is 88.4 Å². The molecule has 0 spiro atoms. The van der Waals surface area contributed by atoms with E-state index < -0.39 is 0 Å². The largest absolute Gasteiger partial charge is 0.491 e. The second-order valence-electron chi connectivity index (χ2n) is 19.3. The molecule has 1 aromatic rings. The van der Waals surface area contributed by atoms with Gasteiger partial charge in [0.05, 0.1) is 33.0 Å². The first-order chi connectivity index (χ1) is 29.1. The fourth-order valence-electron chi connectivity index (χ4n) is 8.08. The third-order valence-electron chi connectivity index (χ3n) is 11.2. The van der Waals surface area contributed by atoms with Gasteiger partial charge in [-0.2, -0.15) is 0 Å². The number of hydrogen-bond donors (Lipinski definition) is 3. The van der Waals surface area contributed by atoms with Crippen LogP contribution in [-0.2, 0) is 14.9 Å². The summed E-state index contributed by atoms with van der Waals surface area (Å²) in [6.45, 7) is 19.3. The van der Waals surface area contributed by atoms with Gasteiger partial charge in [0.25, 0.3) is 0 Å². The highest BCUT2D eigenvalue weighted by Crippen LogP contribution is 2.36. The predicted molar refractivity (Wildman–Crippen MR) is 262 cm³/mol. The van der Waals surface area contributed by atoms with E-state index in [1.807, 2.05) is 12.1 Å². The van der Waals surface area contributed by atoms with Crippen molar-refractivity contribution in [2.45, 2.75) is 253 Å². The molecule has 0 aliphatic heterocycles. The Morgan fingerprint density at radius 1 is 0.367 bits per heavy atom. The molecule has 6 heteroatoms. The molecule has 358 valence electrons. The van der Waals surface area contributed by atoms with Gasteiger partial charge in [0, 0.05) is 13.2 Å². The van der Waals surface area contributed by atoms with E-state index in [-0.39, 0.29) is 25.2 Å². The van der Waals surface area contributed by atoms with E-state index in [0.717, 1.165) is 38.2 Å². The SMILES string of the molecule is CC(C)(C)CC(C)(C)c1ccc(OCCO)cc1.CCCCCCCCCCCCCCCCCCOCCO.CCCCCCCCCCCCCCCCOCCO. The molecule has 0 bridgehead atoms. The highest BCUT2D eigenvalue weighted by molar-refractivity contribution is 5.31. The summed E-state index contributed by atoms with van der Waals surface area (Å²) in [4.78, 5) is 0. The van der Waals surface area contributed by atoms with Crippen LogP contribution in [0.4, 0.5) is 0 Å². The lowest BCUT2D eigenvalue weighted by Gasteiger charge is -2.33. The van der Waals surface area contributed by atoms with Crippen molar-refractivity contribution in [3.8, 4) is 5.75 Å². The average Bonchev–Trinajstić information content (AvgIpc) is 3.22. The van der Waals surface area contributed by atoms with Gasteiger partial charge >= 0.3 is 0 Å². The zero-order valence-corrected chi connectivity index (χ0v) is 41.5. The molecule has 0 unspecified atom stereocenters. The molecule has 3 N–H and O–H groups in total. The minimum atomic E-state index is 0.0528. The summed E-state index contributed by atoms with van der Waals surface area (Å²) in [5.41, 5.74) is 1.80. The molecule has 0 radical (unpaired) electrons. The Morgan fingerprint density at radius 3 is 0.917 bits per heavy atom. The summed E-state index contributed by atoms with van der Waals surface area (Å²) in [7, 11) is 0. The molecule has 60 heavy (non-hydrogen) atoms. The molecule has 0 aromatic heterocycles. The zero-order valence-electron chi connectivity index (χ0n) is 41.5. The lowest BCUT2D eigenvalue weighted by Crippen LogP contribution is -2.24. The Hall–Kier alpha value is -1.18. The van der Waals surface area contributed by atoms with Gasteiger partial charge in [0.15, 0.2) is 0 Å². The van der Waals surface area contributed by atoms with E-state index in [4.69, 9.17) is 29.5 Å². The first kappa shape index (κ1) is 60.9. The lowest BCUT2D eigenvalue weighted by molar-refractivity contribution is 0.0895. The maximum atomic E-state index is 8.71. The summed E-state index contributed by atoms with van der Waals surface area (Å²) in [6, 6.07) is 8.21. The lowest BCUT2D eigenvalue weighted by atomic mass is 9.72. The number of aliphatic hydroxyl groups is 3. The van der Waals surface area contributed by atoms with Crippen molar-refractivity contribution in [3.05, 3.63) is 29.8 Å². The minimum Gasteiger partial charge on any atom is -0.491 e. The quantitative estimate of drug-likeness (QED) is 0.0569. The summed E-state index contributed by atoms with van der Waals surface area (Å²) < 4.78 is 15.9. The van der Waals surface area contributed by atoms with Crippen LogP contribution in [-0.4, -0.2) is 68.2 Å². The Morgan fingerprint density at radius 2 is 0.650 bits per heavy atom. The van der Waals surface area contributed by atoms with E-state index in [9.17, 15) is 0 Å². The van der Waals surface area contributed by atoms with Gasteiger partial charge in [-0.25, -0.2) is 0 Å². The molecule has 0 amide bonds. The molecule has 6 nitrogen and oxygen atoms in total. The molecule has 0 saturated heterocycles. The van der Waals surface area contributed by atoms with Gasteiger partial charge in [-0.3, -0.25) is 0 Å². The molecule has 1 rings (SSSR count). The van der Waals surface area contributed by atoms with Crippen LogP contribution < -0.4 is 4.74 Å². The van der Waals surface area contributed by atoms with Gasteiger partial charge in [-0.1, -0.05) is 240 Å². The van der Waals surface area contributed by atoms with Gasteiger partial charge in [-0.05, 0) is 47.8 Å². The van der Waals surface area contributed by atoms with Crippen molar-refractivity contribution in [1.82, 2.24) is 0 Å². The molecule has 1 aromatic carbocycles. The second kappa shape index (κ2) is 47.3. The van der Waals surface area contributed by atoms with E-state index in [0.29, 0.717) is 25.2 Å². The molecule has 0 atom stereocenters. The van der Waals surface area contributed by atoms with Crippen molar-refractivity contribution in [1.29, 1.82) is 0 Å². The van der Waals surface area contributed by atoms with Crippen LogP contribution in [0, 0.1) is 5.41 Å². The van der Waals surface area contributed by atoms with E-state index in [1.165, 1.54) is 185 Å². The maximum Gasteiger partial charge on any atom is 0.119 e. The Kier molecular flexibility index (Phi) is 48.0. The number of ether oxygens (including phenoxy) is 3. The monoisotopic (exact) mass is 851 g/mol. The summed E-state index contributed by atoms with van der Waals surface area (Å²) >= 11 is 0. The molecule has 0 heterocycles. The van der Waals surface area contributed by atoms with Crippen LogP contribution in [0.2, 0.25) is 0 Å². The minimum absolute atomic E-state index is 0.0528. The second-order valence-corrected chi connectivity index (χ2v) is 19.3. The van der Waals surface area contributed by atoms with Crippen molar-refractivity contribution in [2.75, 3.05) is 52.9 Å². The molecule has 0 fully saturated rings. The molecule has 0 aliphatic carbocycles. The first-order valence-corrected chi connectivity index (χ1v) is 25.8. The maximum absolute atomic E-state index is 8.71. The number of hydrogen-bond acceptors (Lipinski definition) is 6. The standard InChI is InChI=1S/C20H42O2.C18H38O2.C16H26O2/c1-2-3-4-5-6-7-8-9-10-11-12-13-14-15-16-17-19-22-20-18-21;1-2-3-4-5-6-7-8-9-10-11-12-13-14-15-17-20-18-16-19;1-15(2,3)12-16(4,5)13-6-8-14(9-7-13)18-11-10-17/h21H,2-20H2,1H3;19H,2-18H2,1H3;6-9,17H,10-12H2,1-5H3. The summed E-state index contributed by atoms with van der Waals surface area (Å²) in [5.74, 6) is 0.819. The fraction of sp³-hybridized carbons (Fsp3) is 0.889. The van der Waals surface area contributed by atoms with E-state index in [1.54, 1.807) is 0 Å². The van der Waals surface area contributed by atoms with Crippen LogP contribution in [0.25, 0.3) is 0 Å². The van der Waals surface area contributed by atoms with Crippen LogP contribution in [0.5, 0.6) is 5.75 Å². The number of benzene rings is 1. The number of rotatable bonds is 41. The van der Waals surface area contributed by atoms with Crippen LogP contribution >= 0.6 is 0 Å². The van der Waals surface area contributed by atoms with E-state index >= 15 is 0 Å². The Labute approximate surface area is 375 Å². The Bertz CT molecular complexity index is 889. The highest BCUT2D eigenvalue weighted by atomic mass is 16.5. The predicted octanol–water partition coefficient (Wildman–Crippen LogP) is 15.5.